The number of nitrogens with zero attached hydrogens (tertiary/aromatic N) is 1. The highest BCUT2D eigenvalue weighted by atomic mass is 16.5. The summed E-state index contributed by atoms with van der Waals surface area (Å²) >= 11 is 0. The SMILES string of the molecule is CCNC1CCC(C(C)(C)C)CC1N1C[C@@H](C)O[C@@H](C)C1. The predicted octanol–water partition coefficient (Wildman–Crippen LogP) is 3.29. The number of ether oxygens (including phenoxy) is 1. The van der Waals surface area contributed by atoms with E-state index in [1.54, 1.807) is 0 Å². The van der Waals surface area contributed by atoms with Gasteiger partial charge >= 0.3 is 0 Å². The molecule has 0 amide bonds. The molecule has 3 unspecified atom stereocenters. The molecule has 3 nitrogen and oxygen atoms in total. The van der Waals surface area contributed by atoms with Crippen molar-refractivity contribution in [3.63, 3.8) is 0 Å². The lowest BCUT2D eigenvalue weighted by Gasteiger charge is -2.49. The normalized spacial score (nSPS) is 39.4. The van der Waals surface area contributed by atoms with Gasteiger partial charge in [-0.3, -0.25) is 4.90 Å². The van der Waals surface area contributed by atoms with Gasteiger partial charge in [-0.15, -0.1) is 0 Å². The van der Waals surface area contributed by atoms with Crippen LogP contribution in [0.5, 0.6) is 0 Å². The van der Waals surface area contributed by atoms with Crippen molar-refractivity contribution < 1.29 is 4.74 Å². The summed E-state index contributed by atoms with van der Waals surface area (Å²) in [6.45, 7) is 17.2. The second-order valence-electron chi connectivity index (χ2n) is 8.32. The van der Waals surface area contributed by atoms with Gasteiger partial charge in [0.1, 0.15) is 0 Å². The van der Waals surface area contributed by atoms with E-state index in [9.17, 15) is 0 Å². The molecule has 2 fully saturated rings. The molecule has 1 N–H and O–H groups in total. The quantitative estimate of drug-likeness (QED) is 0.865. The van der Waals surface area contributed by atoms with Gasteiger partial charge in [0.15, 0.2) is 0 Å². The van der Waals surface area contributed by atoms with Crippen molar-refractivity contribution in [1.29, 1.82) is 0 Å². The first-order chi connectivity index (χ1) is 9.81. The van der Waals surface area contributed by atoms with E-state index in [-0.39, 0.29) is 0 Å². The van der Waals surface area contributed by atoms with Crippen LogP contribution in [-0.2, 0) is 4.74 Å². The van der Waals surface area contributed by atoms with Gasteiger partial charge < -0.3 is 10.1 Å². The third-order valence-electron chi connectivity index (χ3n) is 5.42. The molecule has 1 heterocycles. The van der Waals surface area contributed by atoms with Crippen LogP contribution in [0.4, 0.5) is 0 Å². The van der Waals surface area contributed by atoms with E-state index in [1.807, 2.05) is 0 Å². The summed E-state index contributed by atoms with van der Waals surface area (Å²) in [5, 5.41) is 3.75. The van der Waals surface area contributed by atoms with Gasteiger partial charge in [0, 0.05) is 25.2 Å². The number of hydrogen-bond donors (Lipinski definition) is 1. The average Bonchev–Trinajstić information content (AvgIpc) is 2.37. The first-order valence-electron chi connectivity index (χ1n) is 8.94. The fourth-order valence-electron chi connectivity index (χ4n) is 4.33. The van der Waals surface area contributed by atoms with Crippen LogP contribution in [0.1, 0.15) is 60.8 Å². The molecule has 1 saturated carbocycles. The molecule has 0 spiro atoms. The second-order valence-corrected chi connectivity index (χ2v) is 8.32. The first kappa shape index (κ1) is 17.2. The number of nitrogens with one attached hydrogen (secondary N) is 1. The van der Waals surface area contributed by atoms with Crippen molar-refractivity contribution in [3.8, 4) is 0 Å². The van der Waals surface area contributed by atoms with Crippen LogP contribution < -0.4 is 5.32 Å². The van der Waals surface area contributed by atoms with Gasteiger partial charge in [0.25, 0.3) is 0 Å². The molecule has 21 heavy (non-hydrogen) atoms. The number of morpholine rings is 1. The third-order valence-corrected chi connectivity index (χ3v) is 5.42. The Balaban J connectivity index is 2.09. The van der Waals surface area contributed by atoms with Crippen LogP contribution in [0.3, 0.4) is 0 Å². The zero-order valence-electron chi connectivity index (χ0n) is 15.0. The highest BCUT2D eigenvalue weighted by Gasteiger charge is 2.40. The highest BCUT2D eigenvalue weighted by molar-refractivity contribution is 4.95. The molecule has 3 heteroatoms. The van der Waals surface area contributed by atoms with Gasteiger partial charge in [-0.05, 0) is 51.0 Å². The third kappa shape index (κ3) is 4.43. The van der Waals surface area contributed by atoms with Crippen molar-refractivity contribution in [2.24, 2.45) is 11.3 Å². The summed E-state index contributed by atoms with van der Waals surface area (Å²) in [5.74, 6) is 0.839. The molecule has 1 saturated heterocycles. The molecule has 0 aromatic rings. The minimum Gasteiger partial charge on any atom is -0.373 e. The second kappa shape index (κ2) is 6.97. The first-order valence-corrected chi connectivity index (χ1v) is 8.94. The summed E-state index contributed by atoms with van der Waals surface area (Å²) < 4.78 is 5.93. The summed E-state index contributed by atoms with van der Waals surface area (Å²) in [6.07, 6.45) is 4.76. The van der Waals surface area contributed by atoms with Crippen molar-refractivity contribution in [2.45, 2.75) is 85.1 Å². The Morgan fingerprint density at radius 2 is 1.71 bits per heavy atom. The van der Waals surface area contributed by atoms with Crippen LogP contribution >= 0.6 is 0 Å². The minimum absolute atomic E-state index is 0.367. The lowest BCUT2D eigenvalue weighted by Crippen LogP contribution is -2.59. The average molecular weight is 296 g/mol. The zero-order valence-corrected chi connectivity index (χ0v) is 15.0. The van der Waals surface area contributed by atoms with Gasteiger partial charge in [-0.25, -0.2) is 0 Å². The van der Waals surface area contributed by atoms with E-state index in [1.165, 1.54) is 19.3 Å². The standard InChI is InChI=1S/C18H36N2O/c1-7-19-16-9-8-15(18(4,5)6)10-17(16)20-11-13(2)21-14(3)12-20/h13-17,19H,7-12H2,1-6H3/t13-,14+,15?,16?,17?. The van der Waals surface area contributed by atoms with E-state index < -0.39 is 0 Å². The number of hydrogen-bond acceptors (Lipinski definition) is 3. The molecule has 2 aliphatic rings. The summed E-state index contributed by atoms with van der Waals surface area (Å²) in [7, 11) is 0. The van der Waals surface area contributed by atoms with Crippen LogP contribution in [0.25, 0.3) is 0 Å². The number of rotatable bonds is 3. The van der Waals surface area contributed by atoms with E-state index in [0.29, 0.717) is 29.7 Å². The molecule has 5 atom stereocenters. The van der Waals surface area contributed by atoms with Gasteiger partial charge in [0.2, 0.25) is 0 Å². The monoisotopic (exact) mass is 296 g/mol. The maximum atomic E-state index is 5.93. The maximum Gasteiger partial charge on any atom is 0.0678 e. The summed E-state index contributed by atoms with van der Waals surface area (Å²) in [6, 6.07) is 1.34. The fourth-order valence-corrected chi connectivity index (χ4v) is 4.33. The molecule has 1 aliphatic carbocycles. The van der Waals surface area contributed by atoms with Gasteiger partial charge in [0.05, 0.1) is 12.2 Å². The van der Waals surface area contributed by atoms with Crippen LogP contribution in [0.2, 0.25) is 0 Å². The Hall–Kier alpha value is -0.120. The smallest absolute Gasteiger partial charge is 0.0678 e. The Morgan fingerprint density at radius 1 is 1.10 bits per heavy atom. The molecular weight excluding hydrogens is 260 g/mol. The van der Waals surface area contributed by atoms with Crippen molar-refractivity contribution in [2.75, 3.05) is 19.6 Å². The van der Waals surface area contributed by atoms with Crippen molar-refractivity contribution in [3.05, 3.63) is 0 Å². The van der Waals surface area contributed by atoms with E-state index in [0.717, 1.165) is 25.6 Å². The van der Waals surface area contributed by atoms with E-state index >= 15 is 0 Å². The van der Waals surface area contributed by atoms with Gasteiger partial charge in [-0.1, -0.05) is 27.7 Å². The molecule has 0 bridgehead atoms. The van der Waals surface area contributed by atoms with Crippen molar-refractivity contribution in [1.82, 2.24) is 10.2 Å². The molecule has 0 radical (unpaired) electrons. The van der Waals surface area contributed by atoms with E-state index in [4.69, 9.17) is 4.74 Å². The Kier molecular flexibility index (Phi) is 5.72. The predicted molar refractivity (Wildman–Crippen MR) is 89.6 cm³/mol. The highest BCUT2D eigenvalue weighted by Crippen LogP contribution is 2.40. The Bertz CT molecular complexity index is 316. The van der Waals surface area contributed by atoms with E-state index in [2.05, 4.69) is 51.8 Å². The molecule has 2 rings (SSSR count). The lowest BCUT2D eigenvalue weighted by atomic mass is 9.69. The molecule has 0 aromatic carbocycles. The molecule has 0 aromatic heterocycles. The Labute approximate surface area is 131 Å². The van der Waals surface area contributed by atoms with Crippen LogP contribution in [0, 0.1) is 11.3 Å². The fraction of sp³-hybridized carbons (Fsp3) is 1.00. The Morgan fingerprint density at radius 3 is 2.24 bits per heavy atom. The molecule has 124 valence electrons. The lowest BCUT2D eigenvalue weighted by molar-refractivity contribution is -0.0933. The van der Waals surface area contributed by atoms with Crippen molar-refractivity contribution >= 4 is 0 Å². The topological polar surface area (TPSA) is 24.5 Å². The van der Waals surface area contributed by atoms with Crippen LogP contribution in [0.15, 0.2) is 0 Å². The summed E-state index contributed by atoms with van der Waals surface area (Å²) in [5.41, 5.74) is 0.430. The van der Waals surface area contributed by atoms with Crippen LogP contribution in [-0.4, -0.2) is 48.8 Å². The number of likely N-dealkylation sites (N-methyl/N-ethyl adjacent to an activating group) is 1. The molecular formula is C18H36N2O. The molecule has 1 aliphatic heterocycles. The largest absolute Gasteiger partial charge is 0.373 e. The summed E-state index contributed by atoms with van der Waals surface area (Å²) in [4.78, 5) is 2.71. The zero-order chi connectivity index (χ0) is 15.6. The maximum absolute atomic E-state index is 5.93. The minimum atomic E-state index is 0.367. The van der Waals surface area contributed by atoms with Gasteiger partial charge in [-0.2, -0.15) is 0 Å².